The van der Waals surface area contributed by atoms with Crippen LogP contribution in [0.25, 0.3) is 10.8 Å². The molecule has 19 heavy (non-hydrogen) atoms. The van der Waals surface area contributed by atoms with Crippen LogP contribution >= 0.6 is 0 Å². The summed E-state index contributed by atoms with van der Waals surface area (Å²) in [5.41, 5.74) is 3.55. The SMILES string of the molecule is c1c[nH+]cc(C2Nc3cccc4cccc(c34)N2)c1. The van der Waals surface area contributed by atoms with Crippen LogP contribution in [0.4, 0.5) is 11.4 Å². The van der Waals surface area contributed by atoms with Crippen molar-refractivity contribution in [1.82, 2.24) is 0 Å². The molecule has 0 bridgehead atoms. The second-order valence-electron chi connectivity index (χ2n) is 4.77. The molecule has 0 amide bonds. The lowest BCUT2D eigenvalue weighted by Gasteiger charge is -2.28. The lowest BCUT2D eigenvalue weighted by Crippen LogP contribution is -2.24. The third-order valence-electron chi connectivity index (χ3n) is 3.57. The smallest absolute Gasteiger partial charge is 0.174 e. The van der Waals surface area contributed by atoms with E-state index in [0.29, 0.717) is 0 Å². The lowest BCUT2D eigenvalue weighted by atomic mass is 10.0. The molecular formula is C16H14N3+. The first kappa shape index (κ1) is 10.4. The average molecular weight is 248 g/mol. The van der Waals surface area contributed by atoms with Crippen molar-refractivity contribution >= 4 is 22.1 Å². The summed E-state index contributed by atoms with van der Waals surface area (Å²) < 4.78 is 0. The third-order valence-corrected chi connectivity index (χ3v) is 3.57. The molecule has 0 unspecified atom stereocenters. The van der Waals surface area contributed by atoms with E-state index < -0.39 is 0 Å². The van der Waals surface area contributed by atoms with E-state index in [0.717, 1.165) is 0 Å². The van der Waals surface area contributed by atoms with Crippen LogP contribution in [0.2, 0.25) is 0 Å². The van der Waals surface area contributed by atoms with Crippen LogP contribution in [0.5, 0.6) is 0 Å². The minimum atomic E-state index is 0.0953. The van der Waals surface area contributed by atoms with Gasteiger partial charge in [0, 0.05) is 22.8 Å². The monoisotopic (exact) mass is 248 g/mol. The highest BCUT2D eigenvalue weighted by molar-refractivity contribution is 6.04. The van der Waals surface area contributed by atoms with Gasteiger partial charge in [-0.2, -0.15) is 0 Å². The van der Waals surface area contributed by atoms with E-state index in [4.69, 9.17) is 0 Å². The Morgan fingerprint density at radius 1 is 0.842 bits per heavy atom. The van der Waals surface area contributed by atoms with Crippen molar-refractivity contribution in [3.05, 3.63) is 66.5 Å². The van der Waals surface area contributed by atoms with Gasteiger partial charge in [0.05, 0.1) is 5.56 Å². The molecule has 0 radical (unpaired) electrons. The number of nitrogens with one attached hydrogen (secondary N) is 3. The number of aromatic nitrogens is 1. The molecule has 3 heteroatoms. The number of anilines is 2. The number of aromatic amines is 1. The first-order valence-corrected chi connectivity index (χ1v) is 6.43. The number of pyridine rings is 1. The number of benzene rings is 2. The zero-order valence-corrected chi connectivity index (χ0v) is 10.4. The fourth-order valence-electron chi connectivity index (χ4n) is 2.68. The minimum Gasteiger partial charge on any atom is -0.361 e. The van der Waals surface area contributed by atoms with Crippen LogP contribution in [0.1, 0.15) is 11.7 Å². The molecule has 0 saturated heterocycles. The van der Waals surface area contributed by atoms with Crippen LogP contribution in [-0.4, -0.2) is 0 Å². The Hall–Kier alpha value is -2.55. The Morgan fingerprint density at radius 2 is 1.58 bits per heavy atom. The number of H-pyrrole nitrogens is 1. The Bertz CT molecular complexity index is 697. The fraction of sp³-hybridized carbons (Fsp3) is 0.0625. The molecule has 0 spiro atoms. The van der Waals surface area contributed by atoms with Crippen molar-refractivity contribution in [1.29, 1.82) is 0 Å². The maximum Gasteiger partial charge on any atom is 0.174 e. The Morgan fingerprint density at radius 3 is 2.21 bits per heavy atom. The van der Waals surface area contributed by atoms with Crippen molar-refractivity contribution < 1.29 is 4.98 Å². The molecule has 0 atom stereocenters. The maximum absolute atomic E-state index is 3.55. The molecule has 0 fully saturated rings. The van der Waals surface area contributed by atoms with Gasteiger partial charge in [0.2, 0.25) is 0 Å². The van der Waals surface area contributed by atoms with E-state index in [-0.39, 0.29) is 6.17 Å². The van der Waals surface area contributed by atoms with Crippen LogP contribution in [-0.2, 0) is 0 Å². The third kappa shape index (κ3) is 1.63. The van der Waals surface area contributed by atoms with E-state index in [1.54, 1.807) is 0 Å². The summed E-state index contributed by atoms with van der Waals surface area (Å²) in [5.74, 6) is 0. The molecule has 3 aromatic rings. The molecule has 2 aromatic carbocycles. The molecular weight excluding hydrogens is 234 g/mol. The minimum absolute atomic E-state index is 0.0953. The molecule has 0 saturated carbocycles. The van der Waals surface area contributed by atoms with Gasteiger partial charge in [-0.3, -0.25) is 0 Å². The number of rotatable bonds is 1. The molecule has 1 aliphatic heterocycles. The molecule has 1 aliphatic rings. The summed E-state index contributed by atoms with van der Waals surface area (Å²) in [6, 6.07) is 16.8. The van der Waals surface area contributed by atoms with E-state index in [1.807, 2.05) is 18.5 Å². The maximum atomic E-state index is 3.55. The first-order valence-electron chi connectivity index (χ1n) is 6.43. The molecule has 3 nitrogen and oxygen atoms in total. The van der Waals surface area contributed by atoms with Gasteiger partial charge < -0.3 is 10.6 Å². The van der Waals surface area contributed by atoms with Crippen molar-refractivity contribution in [2.24, 2.45) is 0 Å². The van der Waals surface area contributed by atoms with Crippen molar-refractivity contribution in [3.8, 4) is 0 Å². The van der Waals surface area contributed by atoms with Gasteiger partial charge in [-0.15, -0.1) is 0 Å². The number of hydrogen-bond donors (Lipinski definition) is 2. The molecule has 4 rings (SSSR count). The van der Waals surface area contributed by atoms with Gasteiger partial charge in [-0.25, -0.2) is 4.98 Å². The van der Waals surface area contributed by atoms with Crippen molar-refractivity contribution in [3.63, 3.8) is 0 Å². The van der Waals surface area contributed by atoms with Crippen LogP contribution < -0.4 is 15.6 Å². The summed E-state index contributed by atoms with van der Waals surface area (Å²) in [6.07, 6.45) is 4.03. The molecule has 1 aromatic heterocycles. The summed E-state index contributed by atoms with van der Waals surface area (Å²) in [5, 5.41) is 9.62. The van der Waals surface area contributed by atoms with E-state index in [1.165, 1.54) is 27.7 Å². The van der Waals surface area contributed by atoms with Crippen molar-refractivity contribution in [2.45, 2.75) is 6.17 Å². The van der Waals surface area contributed by atoms with Crippen molar-refractivity contribution in [2.75, 3.05) is 10.6 Å². The van der Waals surface area contributed by atoms with E-state index >= 15 is 0 Å². The van der Waals surface area contributed by atoms with E-state index in [2.05, 4.69) is 58.1 Å². The highest BCUT2D eigenvalue weighted by Crippen LogP contribution is 2.37. The summed E-state index contributed by atoms with van der Waals surface area (Å²) in [7, 11) is 0. The first-order chi connectivity index (χ1) is 9.42. The number of hydrogen-bond acceptors (Lipinski definition) is 2. The second kappa shape index (κ2) is 3.99. The Balaban J connectivity index is 1.85. The normalized spacial score (nSPS) is 13.9. The topological polar surface area (TPSA) is 38.2 Å². The Labute approximate surface area is 111 Å². The van der Waals surface area contributed by atoms with Crippen LogP contribution in [0.15, 0.2) is 60.9 Å². The lowest BCUT2D eigenvalue weighted by molar-refractivity contribution is -0.378. The quantitative estimate of drug-likeness (QED) is 0.694. The van der Waals surface area contributed by atoms with Gasteiger partial charge in [0.15, 0.2) is 12.4 Å². The largest absolute Gasteiger partial charge is 0.361 e. The predicted molar refractivity (Wildman–Crippen MR) is 76.9 cm³/mol. The van der Waals surface area contributed by atoms with E-state index in [9.17, 15) is 0 Å². The standard InChI is InChI=1S/C16H13N3/c1-4-11-5-2-8-14-15(11)13(7-1)18-16(19-14)12-6-3-9-17-10-12/h1-10,16,18-19H/p+1. The summed E-state index contributed by atoms with van der Waals surface area (Å²) in [4.78, 5) is 3.13. The van der Waals surface area contributed by atoms with Crippen LogP contribution in [0, 0.1) is 0 Å². The second-order valence-corrected chi connectivity index (χ2v) is 4.77. The van der Waals surface area contributed by atoms with Gasteiger partial charge in [-0.1, -0.05) is 24.3 Å². The molecule has 3 N–H and O–H groups in total. The van der Waals surface area contributed by atoms with Gasteiger partial charge in [-0.05, 0) is 23.6 Å². The average Bonchev–Trinajstić information content (AvgIpc) is 2.49. The molecule has 2 heterocycles. The zero-order valence-electron chi connectivity index (χ0n) is 10.4. The molecule has 92 valence electrons. The molecule has 0 aliphatic carbocycles. The summed E-state index contributed by atoms with van der Waals surface area (Å²) >= 11 is 0. The van der Waals surface area contributed by atoms with Gasteiger partial charge >= 0.3 is 0 Å². The Kier molecular flexibility index (Phi) is 2.18. The van der Waals surface area contributed by atoms with Gasteiger partial charge in [0.25, 0.3) is 0 Å². The predicted octanol–water partition coefficient (Wildman–Crippen LogP) is 3.19. The van der Waals surface area contributed by atoms with Crippen LogP contribution in [0.3, 0.4) is 0 Å². The van der Waals surface area contributed by atoms with Gasteiger partial charge in [0.1, 0.15) is 6.17 Å². The highest BCUT2D eigenvalue weighted by atomic mass is 15.1. The fourth-order valence-corrected chi connectivity index (χ4v) is 2.68. The zero-order chi connectivity index (χ0) is 12.7. The highest BCUT2D eigenvalue weighted by Gasteiger charge is 2.20. The summed E-state index contributed by atoms with van der Waals surface area (Å²) in [6.45, 7) is 0.